The van der Waals surface area contributed by atoms with Gasteiger partial charge in [-0.2, -0.15) is 0 Å². The molecule has 0 aliphatic carbocycles. The largest absolute Gasteiger partial charge is 0.465 e. The van der Waals surface area contributed by atoms with Crippen molar-refractivity contribution in [1.29, 1.82) is 0 Å². The third-order valence-electron chi connectivity index (χ3n) is 4.62. The number of carbonyl (C=O) groups excluding carboxylic acids is 2. The van der Waals surface area contributed by atoms with Crippen LogP contribution < -0.4 is 9.62 Å². The molecule has 0 aromatic heterocycles. The monoisotopic (exact) mass is 506 g/mol. The summed E-state index contributed by atoms with van der Waals surface area (Å²) in [6.45, 7) is 0.0264. The molecule has 3 aromatic rings. The topological polar surface area (TPSA) is 92.8 Å². The van der Waals surface area contributed by atoms with Crippen LogP contribution in [0.25, 0.3) is 0 Å². The number of amides is 1. The number of nitrogens with zero attached hydrogens (tertiary/aromatic N) is 1. The summed E-state index contributed by atoms with van der Waals surface area (Å²) in [5, 5.41) is 3.35. The molecular weight excluding hydrogens is 487 g/mol. The summed E-state index contributed by atoms with van der Waals surface area (Å²) in [5.74, 6) is -0.892. The SMILES string of the molecule is COC(=O)c1cccc(NC(=O)c2ccc(CN(c3cc(Cl)cc(Cl)c3)S(C)(=O)=O)cc2)c1. The van der Waals surface area contributed by atoms with Crippen molar-refractivity contribution >= 4 is 56.5 Å². The second kappa shape index (κ2) is 10.2. The summed E-state index contributed by atoms with van der Waals surface area (Å²) >= 11 is 12.1. The van der Waals surface area contributed by atoms with Crippen molar-refractivity contribution in [2.24, 2.45) is 0 Å². The Kier molecular flexibility index (Phi) is 7.63. The number of hydrogen-bond donors (Lipinski definition) is 1. The Labute approximate surface area is 201 Å². The molecular formula is C23H20Cl2N2O5S. The van der Waals surface area contributed by atoms with Crippen LogP contribution >= 0.6 is 23.2 Å². The highest BCUT2D eigenvalue weighted by molar-refractivity contribution is 7.92. The molecule has 0 unspecified atom stereocenters. The van der Waals surface area contributed by atoms with Gasteiger partial charge in [0.15, 0.2) is 0 Å². The first-order valence-electron chi connectivity index (χ1n) is 9.59. The summed E-state index contributed by atoms with van der Waals surface area (Å²) in [6, 6.07) is 17.4. The third-order valence-corrected chi connectivity index (χ3v) is 6.20. The molecule has 0 spiro atoms. The van der Waals surface area contributed by atoms with Crippen molar-refractivity contribution in [2.75, 3.05) is 23.0 Å². The second-order valence-corrected chi connectivity index (χ2v) is 9.90. The zero-order chi connectivity index (χ0) is 24.2. The molecule has 0 saturated carbocycles. The van der Waals surface area contributed by atoms with Crippen LogP contribution in [0.2, 0.25) is 10.0 Å². The van der Waals surface area contributed by atoms with Crippen LogP contribution in [0.5, 0.6) is 0 Å². The van der Waals surface area contributed by atoms with Crippen molar-refractivity contribution in [1.82, 2.24) is 0 Å². The molecule has 0 heterocycles. The summed E-state index contributed by atoms with van der Waals surface area (Å²) in [5.41, 5.74) is 2.10. The molecule has 3 rings (SSSR count). The minimum absolute atomic E-state index is 0.0264. The predicted molar refractivity (Wildman–Crippen MR) is 130 cm³/mol. The first kappa shape index (κ1) is 24.6. The van der Waals surface area contributed by atoms with Crippen LogP contribution in [0.1, 0.15) is 26.3 Å². The van der Waals surface area contributed by atoms with E-state index in [4.69, 9.17) is 23.2 Å². The summed E-state index contributed by atoms with van der Waals surface area (Å²) in [4.78, 5) is 24.3. The fourth-order valence-corrected chi connectivity index (χ4v) is 4.44. The zero-order valence-electron chi connectivity index (χ0n) is 17.7. The smallest absolute Gasteiger partial charge is 0.337 e. The number of anilines is 2. The van der Waals surface area contributed by atoms with Gasteiger partial charge in [0.05, 0.1) is 31.2 Å². The Morgan fingerprint density at radius 2 is 1.58 bits per heavy atom. The number of halogens is 2. The molecule has 0 saturated heterocycles. The van der Waals surface area contributed by atoms with Gasteiger partial charge < -0.3 is 10.1 Å². The van der Waals surface area contributed by atoms with Crippen LogP contribution in [-0.4, -0.2) is 33.7 Å². The van der Waals surface area contributed by atoms with E-state index in [1.807, 2.05) is 0 Å². The highest BCUT2D eigenvalue weighted by Gasteiger charge is 2.19. The van der Waals surface area contributed by atoms with Crippen LogP contribution in [0.3, 0.4) is 0 Å². The highest BCUT2D eigenvalue weighted by atomic mass is 35.5. The van der Waals surface area contributed by atoms with Crippen molar-refractivity contribution in [2.45, 2.75) is 6.54 Å². The van der Waals surface area contributed by atoms with E-state index in [0.29, 0.717) is 38.1 Å². The molecule has 1 N–H and O–H groups in total. The standard InChI is InChI=1S/C23H20Cl2N2O5S/c1-32-23(29)17-4-3-5-20(10-17)26-22(28)16-8-6-15(7-9-16)14-27(33(2,30)31)21-12-18(24)11-19(25)13-21/h3-13H,14H2,1-2H3,(H,26,28). The lowest BCUT2D eigenvalue weighted by molar-refractivity contribution is 0.0600. The zero-order valence-corrected chi connectivity index (χ0v) is 20.0. The van der Waals surface area contributed by atoms with E-state index >= 15 is 0 Å². The molecule has 7 nitrogen and oxygen atoms in total. The Morgan fingerprint density at radius 1 is 0.939 bits per heavy atom. The molecule has 0 fully saturated rings. The molecule has 0 aliphatic heterocycles. The minimum atomic E-state index is -3.63. The molecule has 3 aromatic carbocycles. The summed E-state index contributed by atoms with van der Waals surface area (Å²) in [7, 11) is -2.35. The van der Waals surface area contributed by atoms with Gasteiger partial charge in [0.1, 0.15) is 0 Å². The van der Waals surface area contributed by atoms with E-state index in [0.717, 1.165) is 6.26 Å². The average Bonchev–Trinajstić information content (AvgIpc) is 2.76. The van der Waals surface area contributed by atoms with E-state index in [-0.39, 0.29) is 12.5 Å². The van der Waals surface area contributed by atoms with Crippen molar-refractivity contribution < 1.29 is 22.7 Å². The normalized spacial score (nSPS) is 11.0. The molecule has 0 bridgehead atoms. The van der Waals surface area contributed by atoms with Gasteiger partial charge in [0, 0.05) is 21.3 Å². The van der Waals surface area contributed by atoms with Gasteiger partial charge >= 0.3 is 5.97 Å². The molecule has 10 heteroatoms. The predicted octanol–water partition coefficient (Wildman–Crippen LogP) is 5.00. The molecule has 0 aliphatic rings. The van der Waals surface area contributed by atoms with Crippen molar-refractivity contribution in [3.05, 3.63) is 93.5 Å². The first-order valence-corrected chi connectivity index (χ1v) is 12.2. The summed E-state index contributed by atoms with van der Waals surface area (Å²) < 4.78 is 30.6. The fourth-order valence-electron chi connectivity index (χ4n) is 3.06. The van der Waals surface area contributed by atoms with E-state index in [2.05, 4.69) is 10.1 Å². The number of ether oxygens (including phenoxy) is 1. The molecule has 0 atom stereocenters. The van der Waals surface area contributed by atoms with Crippen molar-refractivity contribution in [3.8, 4) is 0 Å². The van der Waals surface area contributed by atoms with Gasteiger partial charge in [-0.25, -0.2) is 13.2 Å². The average molecular weight is 507 g/mol. The quantitative estimate of drug-likeness (QED) is 0.455. The minimum Gasteiger partial charge on any atom is -0.465 e. The van der Waals surface area contributed by atoms with Gasteiger partial charge in [0.2, 0.25) is 10.0 Å². The van der Waals surface area contributed by atoms with E-state index < -0.39 is 16.0 Å². The maximum absolute atomic E-state index is 12.6. The van der Waals surface area contributed by atoms with Crippen molar-refractivity contribution in [3.63, 3.8) is 0 Å². The lowest BCUT2D eigenvalue weighted by Crippen LogP contribution is -2.29. The number of benzene rings is 3. The lowest BCUT2D eigenvalue weighted by atomic mass is 10.1. The van der Waals surface area contributed by atoms with E-state index in [9.17, 15) is 18.0 Å². The van der Waals surface area contributed by atoms with Gasteiger partial charge in [-0.15, -0.1) is 0 Å². The number of carbonyl (C=O) groups is 2. The molecule has 0 radical (unpaired) electrons. The van der Waals surface area contributed by atoms with Gasteiger partial charge in [-0.05, 0) is 54.1 Å². The number of sulfonamides is 1. The third kappa shape index (κ3) is 6.47. The van der Waals surface area contributed by atoms with E-state index in [1.54, 1.807) is 42.5 Å². The number of nitrogens with one attached hydrogen (secondary N) is 1. The second-order valence-electron chi connectivity index (χ2n) is 7.12. The first-order chi connectivity index (χ1) is 15.6. The maximum Gasteiger partial charge on any atom is 0.337 e. The Bertz CT molecular complexity index is 1270. The van der Waals surface area contributed by atoms with Gasteiger partial charge in [-0.3, -0.25) is 9.10 Å². The molecule has 172 valence electrons. The number of esters is 1. The maximum atomic E-state index is 12.6. The Morgan fingerprint density at radius 3 is 2.15 bits per heavy atom. The number of hydrogen-bond acceptors (Lipinski definition) is 5. The van der Waals surface area contributed by atoms with Crippen LogP contribution in [0.15, 0.2) is 66.7 Å². The fraction of sp³-hybridized carbons (Fsp3) is 0.130. The van der Waals surface area contributed by atoms with Crippen LogP contribution in [0, 0.1) is 0 Å². The number of methoxy groups -OCH3 is 1. The summed E-state index contributed by atoms with van der Waals surface area (Å²) in [6.07, 6.45) is 1.09. The highest BCUT2D eigenvalue weighted by Crippen LogP contribution is 2.28. The molecule has 33 heavy (non-hydrogen) atoms. The van der Waals surface area contributed by atoms with E-state index in [1.165, 1.54) is 35.7 Å². The lowest BCUT2D eigenvalue weighted by Gasteiger charge is -2.23. The van der Waals surface area contributed by atoms with Crippen LogP contribution in [0.4, 0.5) is 11.4 Å². The Hall–Kier alpha value is -3.07. The molecule has 1 amide bonds. The number of rotatable bonds is 7. The van der Waals surface area contributed by atoms with Gasteiger partial charge in [0.25, 0.3) is 5.91 Å². The van der Waals surface area contributed by atoms with Gasteiger partial charge in [-0.1, -0.05) is 41.4 Å². The Balaban J connectivity index is 1.77. The van der Waals surface area contributed by atoms with Crippen LogP contribution in [-0.2, 0) is 21.3 Å².